The van der Waals surface area contributed by atoms with Gasteiger partial charge in [-0.2, -0.15) is 5.26 Å². The molecule has 0 spiro atoms. The van der Waals surface area contributed by atoms with Crippen molar-refractivity contribution in [2.24, 2.45) is 0 Å². The zero-order chi connectivity index (χ0) is 28.5. The molecule has 2 amide bonds. The van der Waals surface area contributed by atoms with Gasteiger partial charge in [0.15, 0.2) is 0 Å². The van der Waals surface area contributed by atoms with Crippen molar-refractivity contribution in [1.29, 1.82) is 5.26 Å². The molecule has 0 bridgehead atoms. The summed E-state index contributed by atoms with van der Waals surface area (Å²) < 4.78 is 10.4. The van der Waals surface area contributed by atoms with Crippen LogP contribution >= 0.6 is 23.1 Å². The second-order valence-corrected chi connectivity index (χ2v) is 9.97. The van der Waals surface area contributed by atoms with Crippen LogP contribution in [-0.2, 0) is 9.53 Å². The van der Waals surface area contributed by atoms with Crippen molar-refractivity contribution < 1.29 is 23.9 Å². The van der Waals surface area contributed by atoms with E-state index in [9.17, 15) is 19.6 Å². The van der Waals surface area contributed by atoms with Crippen LogP contribution in [0.25, 0.3) is 0 Å². The first kappa shape index (κ1) is 29.3. The molecule has 2 aromatic carbocycles. The fourth-order valence-electron chi connectivity index (χ4n) is 3.48. The van der Waals surface area contributed by atoms with Gasteiger partial charge < -0.3 is 25.4 Å². The number of ether oxygens (including phenoxy) is 2. The quantitative estimate of drug-likeness (QED) is 0.156. The average molecular weight is 565 g/mol. The fourth-order valence-corrected chi connectivity index (χ4v) is 5.19. The lowest BCUT2D eigenvalue weighted by molar-refractivity contribution is -0.112. The van der Waals surface area contributed by atoms with E-state index in [2.05, 4.69) is 16.0 Å². The van der Waals surface area contributed by atoms with Gasteiger partial charge in [-0.05, 0) is 69.0 Å². The van der Waals surface area contributed by atoms with E-state index in [1.165, 1.54) is 0 Å². The van der Waals surface area contributed by atoms with Gasteiger partial charge >= 0.3 is 5.97 Å². The molecule has 202 valence electrons. The SMILES string of the molecule is CCOC(=O)c1c(N/C(SC)=C(/C#N)C(=O)Nc2ccc(C)cc2)sc(C(=O)Nc2ccc(OC)cc2)c1C. The number of carbonyl (C=O) groups is 3. The smallest absolute Gasteiger partial charge is 0.341 e. The van der Waals surface area contributed by atoms with Crippen molar-refractivity contribution in [2.45, 2.75) is 20.8 Å². The Hall–Kier alpha value is -4.27. The summed E-state index contributed by atoms with van der Waals surface area (Å²) in [6.45, 7) is 5.39. The third-order valence-corrected chi connectivity index (χ3v) is 7.41. The zero-order valence-electron chi connectivity index (χ0n) is 22.1. The highest BCUT2D eigenvalue weighted by atomic mass is 32.2. The molecule has 1 aromatic heterocycles. The lowest BCUT2D eigenvalue weighted by atomic mass is 10.1. The Morgan fingerprint density at radius 2 is 1.59 bits per heavy atom. The first-order chi connectivity index (χ1) is 18.7. The van der Waals surface area contributed by atoms with Crippen LogP contribution < -0.4 is 20.7 Å². The number of nitrogens with one attached hydrogen (secondary N) is 3. The van der Waals surface area contributed by atoms with E-state index in [0.717, 1.165) is 28.7 Å². The minimum Gasteiger partial charge on any atom is -0.497 e. The number of aryl methyl sites for hydroxylation is 1. The number of thioether (sulfide) groups is 1. The minimum atomic E-state index is -0.625. The van der Waals surface area contributed by atoms with Crippen LogP contribution in [0.1, 0.15) is 38.1 Å². The largest absolute Gasteiger partial charge is 0.497 e. The van der Waals surface area contributed by atoms with Crippen LogP contribution in [0.4, 0.5) is 16.4 Å². The van der Waals surface area contributed by atoms with Crippen LogP contribution in [0.2, 0.25) is 0 Å². The predicted molar refractivity (Wildman–Crippen MR) is 156 cm³/mol. The molecule has 1 heterocycles. The molecule has 0 fully saturated rings. The Morgan fingerprint density at radius 1 is 0.974 bits per heavy atom. The molecule has 0 saturated heterocycles. The van der Waals surface area contributed by atoms with Crippen LogP contribution in [0.15, 0.2) is 59.1 Å². The van der Waals surface area contributed by atoms with Crippen LogP contribution in [0, 0.1) is 25.2 Å². The highest BCUT2D eigenvalue weighted by molar-refractivity contribution is 8.02. The summed E-state index contributed by atoms with van der Waals surface area (Å²) >= 11 is 2.16. The van der Waals surface area contributed by atoms with Gasteiger partial charge in [0.1, 0.15) is 22.4 Å². The van der Waals surface area contributed by atoms with E-state index >= 15 is 0 Å². The topological polar surface area (TPSA) is 130 Å². The van der Waals surface area contributed by atoms with Crippen molar-refractivity contribution in [3.05, 3.63) is 80.7 Å². The maximum absolute atomic E-state index is 13.2. The molecule has 0 radical (unpaired) electrons. The van der Waals surface area contributed by atoms with Gasteiger partial charge in [0, 0.05) is 11.4 Å². The van der Waals surface area contributed by atoms with Gasteiger partial charge in [0.2, 0.25) is 0 Å². The van der Waals surface area contributed by atoms with Crippen LogP contribution in [-0.4, -0.2) is 37.8 Å². The number of nitriles is 1. The number of nitrogens with zero attached hydrogens (tertiary/aromatic N) is 1. The summed E-state index contributed by atoms with van der Waals surface area (Å²) in [5.74, 6) is -1.01. The van der Waals surface area contributed by atoms with E-state index in [0.29, 0.717) is 22.7 Å². The van der Waals surface area contributed by atoms with E-state index < -0.39 is 17.8 Å². The average Bonchev–Trinajstić information content (AvgIpc) is 3.26. The third kappa shape index (κ3) is 7.19. The summed E-state index contributed by atoms with van der Waals surface area (Å²) in [6, 6.07) is 16.0. The molecule has 0 aliphatic rings. The number of esters is 1. The van der Waals surface area contributed by atoms with Crippen molar-refractivity contribution in [2.75, 3.05) is 35.9 Å². The molecule has 3 rings (SSSR count). The second kappa shape index (κ2) is 13.5. The normalized spacial score (nSPS) is 11.1. The van der Waals surface area contributed by atoms with Crippen LogP contribution in [0.5, 0.6) is 5.75 Å². The molecule has 0 saturated carbocycles. The standard InChI is InChI=1S/C28H28N4O5S2/c1-6-37-28(35)22-17(3)23(25(34)31-19-11-13-20(36-4)14-12-19)39-27(22)32-26(38-5)21(15-29)24(33)30-18-9-7-16(2)8-10-18/h7-14,32H,6H2,1-5H3,(H,30,33)(H,31,34)/b26-21+. The van der Waals surface area contributed by atoms with E-state index in [-0.39, 0.29) is 32.7 Å². The maximum atomic E-state index is 13.2. The molecule has 0 aliphatic heterocycles. The summed E-state index contributed by atoms with van der Waals surface area (Å²) in [5.41, 5.74) is 2.51. The predicted octanol–water partition coefficient (Wildman–Crippen LogP) is 5.95. The number of carbonyl (C=O) groups excluding carboxylic acids is 3. The molecule has 3 N–H and O–H groups in total. The molecule has 0 unspecified atom stereocenters. The lowest BCUT2D eigenvalue weighted by Gasteiger charge is -2.12. The Labute approximate surface area is 235 Å². The Morgan fingerprint density at radius 3 is 2.15 bits per heavy atom. The van der Waals surface area contributed by atoms with Gasteiger partial charge in [-0.1, -0.05) is 17.7 Å². The number of rotatable bonds is 10. The van der Waals surface area contributed by atoms with Gasteiger partial charge in [-0.3, -0.25) is 9.59 Å². The number of benzene rings is 2. The molecule has 9 nitrogen and oxygen atoms in total. The van der Waals surface area contributed by atoms with E-state index in [1.54, 1.807) is 63.6 Å². The summed E-state index contributed by atoms with van der Waals surface area (Å²) in [5, 5.41) is 18.9. The molecular formula is C28H28N4O5S2. The fraction of sp³-hybridized carbons (Fsp3) is 0.214. The summed E-state index contributed by atoms with van der Waals surface area (Å²) in [7, 11) is 1.55. The summed E-state index contributed by atoms with van der Waals surface area (Å²) in [6.07, 6.45) is 1.70. The Balaban J connectivity index is 1.97. The molecular weight excluding hydrogens is 536 g/mol. The first-order valence-electron chi connectivity index (χ1n) is 11.8. The minimum absolute atomic E-state index is 0.133. The zero-order valence-corrected chi connectivity index (χ0v) is 23.8. The van der Waals surface area contributed by atoms with Crippen molar-refractivity contribution in [3.63, 3.8) is 0 Å². The van der Waals surface area contributed by atoms with E-state index in [1.807, 2.05) is 25.1 Å². The van der Waals surface area contributed by atoms with Crippen molar-refractivity contribution in [1.82, 2.24) is 0 Å². The van der Waals surface area contributed by atoms with Crippen molar-refractivity contribution in [3.8, 4) is 11.8 Å². The van der Waals surface area contributed by atoms with Gasteiger partial charge in [0.05, 0.1) is 29.2 Å². The van der Waals surface area contributed by atoms with Gasteiger partial charge in [0.25, 0.3) is 11.8 Å². The molecule has 39 heavy (non-hydrogen) atoms. The highest BCUT2D eigenvalue weighted by Gasteiger charge is 2.27. The number of anilines is 3. The maximum Gasteiger partial charge on any atom is 0.341 e. The Bertz CT molecular complexity index is 1440. The Kier molecular flexibility index (Phi) is 10.1. The van der Waals surface area contributed by atoms with Crippen LogP contribution in [0.3, 0.4) is 0 Å². The molecule has 0 aliphatic carbocycles. The lowest BCUT2D eigenvalue weighted by Crippen LogP contribution is -2.17. The van der Waals surface area contributed by atoms with Gasteiger partial charge in [-0.15, -0.1) is 23.1 Å². The number of methoxy groups -OCH3 is 1. The van der Waals surface area contributed by atoms with Gasteiger partial charge in [-0.25, -0.2) is 4.79 Å². The summed E-state index contributed by atoms with van der Waals surface area (Å²) in [4.78, 5) is 39.3. The monoisotopic (exact) mass is 564 g/mol. The highest BCUT2D eigenvalue weighted by Crippen LogP contribution is 2.37. The number of hydrogen-bond acceptors (Lipinski definition) is 9. The molecule has 0 atom stereocenters. The molecule has 11 heteroatoms. The van der Waals surface area contributed by atoms with E-state index in [4.69, 9.17) is 9.47 Å². The van der Waals surface area contributed by atoms with Crippen molar-refractivity contribution >= 4 is 57.3 Å². The third-order valence-electron chi connectivity index (χ3n) is 5.49. The first-order valence-corrected chi connectivity index (χ1v) is 13.9. The second-order valence-electron chi connectivity index (χ2n) is 8.13. The number of thiophene rings is 1. The molecule has 3 aromatic rings. The number of hydrogen-bond donors (Lipinski definition) is 3. The number of amides is 2.